The van der Waals surface area contributed by atoms with Crippen molar-refractivity contribution in [3.8, 4) is 22.5 Å². The third-order valence-electron chi connectivity index (χ3n) is 14.2. The van der Waals surface area contributed by atoms with Gasteiger partial charge < -0.3 is 22.1 Å². The summed E-state index contributed by atoms with van der Waals surface area (Å²) in [4.78, 5) is 43.9. The van der Waals surface area contributed by atoms with Gasteiger partial charge in [-0.1, -0.05) is 83.9 Å². The molecule has 0 aliphatic carbocycles. The second-order valence-electron chi connectivity index (χ2n) is 19.8. The Balaban J connectivity index is 0.000000165. The largest absolute Gasteiger partial charge is 0.368 e. The van der Waals surface area contributed by atoms with Crippen LogP contribution < -0.4 is 36.8 Å². The molecule has 18 heteroatoms. The topological polar surface area (TPSA) is 172 Å². The molecule has 0 amide bonds. The summed E-state index contributed by atoms with van der Waals surface area (Å²) < 4.78 is 10.7. The van der Waals surface area contributed by atoms with Crippen LogP contribution in [0.5, 0.6) is 0 Å². The van der Waals surface area contributed by atoms with Crippen LogP contribution >= 0.6 is 61.8 Å². The molecule has 6 aromatic heterocycles. The second kappa shape index (κ2) is 28.6. The Kier molecular flexibility index (Phi) is 21.4. The van der Waals surface area contributed by atoms with Crippen molar-refractivity contribution in [2.75, 3.05) is 22.1 Å². The van der Waals surface area contributed by atoms with E-state index in [0.717, 1.165) is 44.7 Å². The summed E-state index contributed by atoms with van der Waals surface area (Å²) in [6.45, 7) is 11.0. The number of thiophene rings is 2. The zero-order valence-electron chi connectivity index (χ0n) is 45.6. The molecule has 10 rings (SSSR count). The van der Waals surface area contributed by atoms with Gasteiger partial charge in [-0.3, -0.25) is 18.7 Å². The second-order valence-corrected chi connectivity index (χ2v) is 36.2. The van der Waals surface area contributed by atoms with Crippen LogP contribution in [-0.4, -0.2) is 47.4 Å². The molecule has 0 saturated heterocycles. The van der Waals surface area contributed by atoms with Gasteiger partial charge in [0.25, 0.3) is 11.1 Å². The van der Waals surface area contributed by atoms with E-state index < -0.39 is 18.4 Å². The Labute approximate surface area is 498 Å². The van der Waals surface area contributed by atoms with Crippen molar-refractivity contribution in [2.24, 2.45) is 0 Å². The van der Waals surface area contributed by atoms with E-state index in [9.17, 15) is 9.59 Å². The normalized spacial score (nSPS) is 12.1. The van der Waals surface area contributed by atoms with Crippen LogP contribution in [0.25, 0.3) is 44.0 Å². The minimum atomic E-state index is -2.02. The molecule has 6 N–H and O–H groups in total. The van der Waals surface area contributed by atoms with Crippen LogP contribution in [0.3, 0.4) is 0 Å². The number of fused-ring (bicyclic) bond motifs is 2. The molecule has 4 aromatic carbocycles. The summed E-state index contributed by atoms with van der Waals surface area (Å²) in [7, 11) is 0. The third kappa shape index (κ3) is 14.3. The van der Waals surface area contributed by atoms with Crippen LogP contribution in [0.4, 0.5) is 23.5 Å². The number of nitrogens with one attached hydrogen (secondary N) is 2. The van der Waals surface area contributed by atoms with Crippen molar-refractivity contribution < 1.29 is 0 Å². The number of nitrogens with two attached hydrogens (primary N) is 2. The Morgan fingerprint density at radius 2 is 1.06 bits per heavy atom. The molecule has 414 valence electrons. The molecule has 0 spiro atoms. The number of nitrogen functional groups attached to an aromatic ring is 2. The third-order valence-corrected chi connectivity index (χ3v) is 33.0. The number of benzene rings is 4. The quantitative estimate of drug-likeness (QED) is 0.0571. The van der Waals surface area contributed by atoms with Gasteiger partial charge in [-0.2, -0.15) is 21.3 Å². The van der Waals surface area contributed by atoms with Gasteiger partial charge in [0, 0.05) is 40.7 Å². The van der Waals surface area contributed by atoms with E-state index in [2.05, 4.69) is 84.1 Å². The Morgan fingerprint density at radius 1 is 0.600 bits per heavy atom. The average molecular weight is 1320 g/mol. The van der Waals surface area contributed by atoms with Crippen LogP contribution in [0.15, 0.2) is 169 Å². The number of pyridine rings is 2. The number of rotatable bonds is 19. The zero-order chi connectivity index (χ0) is 56.8. The molecule has 2 atom stereocenters. The average Bonchev–Trinajstić information content (AvgIpc) is 4.22. The first-order chi connectivity index (χ1) is 38.8. The van der Waals surface area contributed by atoms with E-state index in [1.807, 2.05) is 143 Å². The monoisotopic (exact) mass is 1320 g/mol. The smallest absolute Gasteiger partial charge is 0.264 e. The molecule has 80 heavy (non-hydrogen) atoms. The number of para-hydroxylation sites is 2. The molecule has 0 saturated carbocycles. The number of hydrogen-bond donors (Lipinski definition) is 4. The van der Waals surface area contributed by atoms with Crippen LogP contribution in [0.2, 0.25) is 23.4 Å². The molecular weight excluding hydrogens is 1250 g/mol. The van der Waals surface area contributed by atoms with E-state index in [1.54, 1.807) is 58.3 Å². The van der Waals surface area contributed by atoms with E-state index >= 15 is 0 Å². The molecule has 0 aliphatic rings. The molecule has 10 aromatic rings. The van der Waals surface area contributed by atoms with Gasteiger partial charge in [0.1, 0.15) is 11.6 Å². The number of aromatic nitrogens is 6. The van der Waals surface area contributed by atoms with Crippen LogP contribution in [0.1, 0.15) is 96.6 Å². The Morgan fingerprint density at radius 3 is 1.52 bits per heavy atom. The first-order valence-corrected chi connectivity index (χ1v) is 38.0. The van der Waals surface area contributed by atoms with Gasteiger partial charge in [-0.25, -0.2) is 9.97 Å². The molecule has 6 heterocycles. The fourth-order valence-corrected chi connectivity index (χ4v) is 30.1. The van der Waals surface area contributed by atoms with Crippen LogP contribution in [-0.2, 0) is 0 Å². The molecule has 0 fully saturated rings. The number of anilines is 4. The van der Waals surface area contributed by atoms with Crippen molar-refractivity contribution >= 4 is 129 Å². The fourth-order valence-electron chi connectivity index (χ4n) is 10.1. The maximum atomic E-state index is 13.6. The van der Waals surface area contributed by atoms with Gasteiger partial charge in [-0.05, 0) is 111 Å². The van der Waals surface area contributed by atoms with Gasteiger partial charge >= 0.3 is 123 Å². The van der Waals surface area contributed by atoms with E-state index in [4.69, 9.17) is 34.7 Å². The summed E-state index contributed by atoms with van der Waals surface area (Å²) in [6, 6.07) is 37.8. The maximum absolute atomic E-state index is 13.6. The van der Waals surface area contributed by atoms with Gasteiger partial charge in [0.2, 0.25) is 11.9 Å². The minimum absolute atomic E-state index is 0.161. The first-order valence-electron chi connectivity index (χ1n) is 27.0. The van der Waals surface area contributed by atoms with Gasteiger partial charge in [0.05, 0.1) is 37.4 Å². The SMILES string of the molecule is CCC[CH2][Sn]([CH2]CCC)([CH2]CCC)[c]1ccsc1.C[C@H](Nc1nc(N)ncc1-c1ccsc1)c1cc2cccc(Cl)c2c(=O)n1-c1ccccc1.C[C@H](Nc1nc(N)ncc1Br)c1cc2cccc(Cl)c2c(=O)n1-c1ccccc1. The van der Waals surface area contributed by atoms with Crippen molar-refractivity contribution in [2.45, 2.75) is 98.5 Å². The van der Waals surface area contributed by atoms with Gasteiger partial charge in [-0.15, -0.1) is 0 Å². The number of halogens is 3. The minimum Gasteiger partial charge on any atom is -0.368 e. The molecule has 0 aliphatic heterocycles. The maximum Gasteiger partial charge on any atom is 0.264 e. The van der Waals surface area contributed by atoms with E-state index in [1.165, 1.54) is 38.5 Å². The van der Waals surface area contributed by atoms with Crippen molar-refractivity contribution in [3.05, 3.63) is 202 Å². The summed E-state index contributed by atoms with van der Waals surface area (Å²) in [5.74, 6) is 1.48. The fraction of sp³-hybridized carbons (Fsp3) is 0.258. The van der Waals surface area contributed by atoms with Crippen molar-refractivity contribution in [1.29, 1.82) is 0 Å². The molecule has 0 unspecified atom stereocenters. The first kappa shape index (κ1) is 60.0. The predicted molar refractivity (Wildman–Crippen MR) is 346 cm³/mol. The van der Waals surface area contributed by atoms with Gasteiger partial charge in [0.15, 0.2) is 0 Å². The molecule has 0 bridgehead atoms. The van der Waals surface area contributed by atoms with Crippen molar-refractivity contribution in [1.82, 2.24) is 29.1 Å². The van der Waals surface area contributed by atoms with E-state index in [0.29, 0.717) is 36.9 Å². The summed E-state index contributed by atoms with van der Waals surface area (Å²) in [6.07, 6.45) is 11.8. The number of nitrogens with zero attached hydrogens (tertiary/aromatic N) is 6. The summed E-state index contributed by atoms with van der Waals surface area (Å²) >= 11 is 17.7. The summed E-state index contributed by atoms with van der Waals surface area (Å²) in [5, 5.41) is 19.0. The number of hydrogen-bond acceptors (Lipinski definition) is 12. The van der Waals surface area contributed by atoms with Crippen molar-refractivity contribution in [3.63, 3.8) is 0 Å². The Hall–Kier alpha value is -6.08. The predicted octanol–water partition coefficient (Wildman–Crippen LogP) is 16.7. The standard InChI is InChI=1S/C25H20ClN5OS.C21H17BrClN5O.C4H3S.3C4H9.Sn/c1-15(29-23-19(13-28-25(27)30-23)17-10-11-33-14-17)21-12-16-6-5-9-20(26)22(16)24(32)31(21)18-7-3-2-4-8-18;1-12(26-19-15(22)11-25-21(24)27-19)17-10-13-6-5-9-16(23)18(13)20(29)28(17)14-7-3-2-4-8-14;1-2-4-5-3-1;3*1-3-4-2;/h2-15H,1H3,(H3,27,28,29,30);2-12H,1H3,(H3,24,25,26,27);1,3-4H;3*1,3-4H2,2H3;/t15-;12-;;;;;/m00...../s1. The molecule has 0 radical (unpaired) electrons. The Bertz CT molecular complexity index is 3740. The molecule has 12 nitrogen and oxygen atoms in total. The summed E-state index contributed by atoms with van der Waals surface area (Å²) in [5.41, 5.74) is 16.2. The van der Waals surface area contributed by atoms with E-state index in [-0.39, 0.29) is 35.1 Å². The zero-order valence-corrected chi connectivity index (χ0v) is 53.2. The van der Waals surface area contributed by atoms with Crippen LogP contribution in [0, 0.1) is 0 Å². The molecular formula is C62H67BrCl2N10O2S2Sn. The number of unbranched alkanes of at least 4 members (excludes halogenated alkanes) is 3.